The first-order chi connectivity index (χ1) is 7.08. The highest BCUT2D eigenvalue weighted by Gasteiger charge is 2.39. The van der Waals surface area contributed by atoms with Crippen LogP contribution in [0, 0.1) is 5.82 Å². The fourth-order valence-electron chi connectivity index (χ4n) is 2.14. The summed E-state index contributed by atoms with van der Waals surface area (Å²) in [5, 5.41) is 0. The van der Waals surface area contributed by atoms with Crippen LogP contribution in [0.5, 0.6) is 0 Å². The molecule has 0 radical (unpaired) electrons. The lowest BCUT2D eigenvalue weighted by Gasteiger charge is -2.31. The Balaban J connectivity index is 2.58. The number of halogens is 2. The monoisotopic (exact) mass is 270 g/mol. The van der Waals surface area contributed by atoms with Crippen LogP contribution in [-0.2, 0) is 15.5 Å². The van der Waals surface area contributed by atoms with Crippen LogP contribution in [0.25, 0.3) is 0 Å². The molecule has 0 aromatic heterocycles. The van der Waals surface area contributed by atoms with Crippen molar-refractivity contribution < 1.29 is 9.18 Å². The summed E-state index contributed by atoms with van der Waals surface area (Å²) in [5.74, 6) is -0.0295. The van der Waals surface area contributed by atoms with E-state index in [-0.39, 0.29) is 11.6 Å². The van der Waals surface area contributed by atoms with E-state index in [1.165, 1.54) is 12.1 Å². The van der Waals surface area contributed by atoms with Crippen LogP contribution in [0.1, 0.15) is 30.9 Å². The number of aryl methyl sites for hydroxylation is 1. The van der Waals surface area contributed by atoms with Gasteiger partial charge in [-0.15, -0.1) is 0 Å². The van der Waals surface area contributed by atoms with Crippen LogP contribution < -0.4 is 0 Å². The van der Waals surface area contributed by atoms with Gasteiger partial charge in [0.05, 0.1) is 0 Å². The molecular formula is C12H12BrFO. The molecule has 1 aliphatic carbocycles. The summed E-state index contributed by atoms with van der Waals surface area (Å²) in [6, 6.07) is 4.68. The van der Waals surface area contributed by atoms with E-state index in [4.69, 9.17) is 0 Å². The van der Waals surface area contributed by atoms with Gasteiger partial charge < -0.3 is 0 Å². The lowest BCUT2D eigenvalue weighted by Crippen LogP contribution is -2.33. The number of fused-ring (bicyclic) bond motifs is 1. The van der Waals surface area contributed by atoms with Crippen LogP contribution in [0.2, 0.25) is 0 Å². The molecule has 1 unspecified atom stereocenters. The van der Waals surface area contributed by atoms with Crippen molar-refractivity contribution in [2.45, 2.75) is 30.5 Å². The van der Waals surface area contributed by atoms with Crippen molar-refractivity contribution in [2.24, 2.45) is 0 Å². The predicted octanol–water partition coefficient (Wildman–Crippen LogP) is 3.34. The number of hydrogen-bond acceptors (Lipinski definition) is 1. The van der Waals surface area contributed by atoms with Crippen LogP contribution in [0.3, 0.4) is 0 Å². The molecule has 1 aromatic carbocycles. The van der Waals surface area contributed by atoms with Crippen LogP contribution in [-0.4, -0.2) is 5.78 Å². The first-order valence-electron chi connectivity index (χ1n) is 5.09. The van der Waals surface area contributed by atoms with Crippen molar-refractivity contribution in [3.8, 4) is 0 Å². The number of Topliss-reactive ketones (excluding diaryl/α,β-unsaturated/α-hetero) is 1. The third-order valence-electron chi connectivity index (χ3n) is 3.04. The SMILES string of the molecule is CCC1(Br)C(=O)CCc2cc(F)ccc21. The van der Waals surface area contributed by atoms with Gasteiger partial charge in [-0.2, -0.15) is 0 Å². The van der Waals surface area contributed by atoms with Gasteiger partial charge in [0.1, 0.15) is 10.1 Å². The van der Waals surface area contributed by atoms with Gasteiger partial charge >= 0.3 is 0 Å². The Morgan fingerprint density at radius 2 is 2.20 bits per heavy atom. The lowest BCUT2D eigenvalue weighted by molar-refractivity contribution is -0.121. The zero-order chi connectivity index (χ0) is 11.1. The molecule has 0 saturated carbocycles. The van der Waals surface area contributed by atoms with Crippen LogP contribution in [0.15, 0.2) is 18.2 Å². The fourth-order valence-corrected chi connectivity index (χ4v) is 2.72. The number of rotatable bonds is 1. The molecule has 0 heterocycles. The van der Waals surface area contributed by atoms with Crippen molar-refractivity contribution in [1.29, 1.82) is 0 Å². The second-order valence-electron chi connectivity index (χ2n) is 3.88. The standard InChI is InChI=1S/C12H12BrFO/c1-2-12(13)10-5-4-9(14)7-8(10)3-6-11(12)15/h4-5,7H,2-3,6H2,1H3. The largest absolute Gasteiger partial charge is 0.298 e. The molecule has 0 aliphatic heterocycles. The molecule has 15 heavy (non-hydrogen) atoms. The highest BCUT2D eigenvalue weighted by atomic mass is 79.9. The number of ketones is 1. The second kappa shape index (κ2) is 3.71. The average Bonchev–Trinajstić information content (AvgIpc) is 2.23. The average molecular weight is 271 g/mol. The first kappa shape index (κ1) is 10.8. The van der Waals surface area contributed by atoms with E-state index in [9.17, 15) is 9.18 Å². The van der Waals surface area contributed by atoms with E-state index in [0.29, 0.717) is 19.3 Å². The molecule has 1 atom stereocenters. The van der Waals surface area contributed by atoms with Crippen molar-refractivity contribution in [1.82, 2.24) is 0 Å². The van der Waals surface area contributed by atoms with E-state index in [1.807, 2.05) is 6.92 Å². The summed E-state index contributed by atoms with van der Waals surface area (Å²) in [7, 11) is 0. The van der Waals surface area contributed by atoms with Crippen molar-refractivity contribution >= 4 is 21.7 Å². The molecule has 0 amide bonds. The number of carbonyl (C=O) groups excluding carboxylic acids is 1. The third kappa shape index (κ3) is 1.63. The number of alkyl halides is 1. The molecule has 0 saturated heterocycles. The summed E-state index contributed by atoms with van der Waals surface area (Å²) >= 11 is 3.51. The summed E-state index contributed by atoms with van der Waals surface area (Å²) < 4.78 is 12.5. The summed E-state index contributed by atoms with van der Waals surface area (Å²) in [5.41, 5.74) is 1.89. The Morgan fingerprint density at radius 3 is 2.87 bits per heavy atom. The number of hydrogen-bond donors (Lipinski definition) is 0. The van der Waals surface area contributed by atoms with Crippen molar-refractivity contribution in [3.63, 3.8) is 0 Å². The lowest BCUT2D eigenvalue weighted by atomic mass is 9.80. The van der Waals surface area contributed by atoms with Gasteiger partial charge in [-0.1, -0.05) is 28.9 Å². The maximum Gasteiger partial charge on any atom is 0.154 e. The minimum atomic E-state index is -0.589. The summed E-state index contributed by atoms with van der Waals surface area (Å²) in [6.45, 7) is 1.96. The topological polar surface area (TPSA) is 17.1 Å². The van der Waals surface area contributed by atoms with E-state index in [2.05, 4.69) is 15.9 Å². The molecule has 1 aliphatic rings. The molecule has 0 bridgehead atoms. The zero-order valence-corrected chi connectivity index (χ0v) is 10.1. The number of carbonyl (C=O) groups is 1. The molecule has 2 rings (SSSR count). The quantitative estimate of drug-likeness (QED) is 0.716. The Bertz CT molecular complexity index is 416. The number of benzene rings is 1. The smallest absolute Gasteiger partial charge is 0.154 e. The molecule has 0 spiro atoms. The van der Waals surface area contributed by atoms with Gasteiger partial charge in [0, 0.05) is 6.42 Å². The molecule has 0 fully saturated rings. The summed E-state index contributed by atoms with van der Waals surface area (Å²) in [6.07, 6.45) is 1.85. The highest BCUT2D eigenvalue weighted by Crippen LogP contribution is 2.42. The van der Waals surface area contributed by atoms with Gasteiger partial charge in [0.25, 0.3) is 0 Å². The molecule has 1 aromatic rings. The maximum absolute atomic E-state index is 13.0. The van der Waals surface area contributed by atoms with Gasteiger partial charge in [-0.3, -0.25) is 4.79 Å². The third-order valence-corrected chi connectivity index (χ3v) is 4.47. The predicted molar refractivity (Wildman–Crippen MR) is 60.6 cm³/mol. The van der Waals surface area contributed by atoms with Gasteiger partial charge in [0.15, 0.2) is 5.78 Å². The van der Waals surface area contributed by atoms with E-state index in [1.54, 1.807) is 6.07 Å². The van der Waals surface area contributed by atoms with E-state index < -0.39 is 4.32 Å². The van der Waals surface area contributed by atoms with Crippen LogP contribution in [0.4, 0.5) is 4.39 Å². The van der Waals surface area contributed by atoms with E-state index >= 15 is 0 Å². The minimum absolute atomic E-state index is 0.198. The fraction of sp³-hybridized carbons (Fsp3) is 0.417. The Kier molecular flexibility index (Phi) is 2.67. The molecule has 0 N–H and O–H groups in total. The first-order valence-corrected chi connectivity index (χ1v) is 5.88. The zero-order valence-electron chi connectivity index (χ0n) is 8.52. The molecule has 80 valence electrons. The molecule has 3 heteroatoms. The van der Waals surface area contributed by atoms with Crippen LogP contribution >= 0.6 is 15.9 Å². The van der Waals surface area contributed by atoms with Crippen molar-refractivity contribution in [2.75, 3.05) is 0 Å². The molecule has 1 nitrogen and oxygen atoms in total. The van der Waals surface area contributed by atoms with Crippen molar-refractivity contribution in [3.05, 3.63) is 35.1 Å². The summed E-state index contributed by atoms with van der Waals surface area (Å²) in [4.78, 5) is 11.9. The normalized spacial score (nSPS) is 25.1. The Labute approximate surface area is 96.8 Å². The Morgan fingerprint density at radius 1 is 1.47 bits per heavy atom. The van der Waals surface area contributed by atoms with Gasteiger partial charge in [-0.05, 0) is 36.1 Å². The second-order valence-corrected chi connectivity index (χ2v) is 5.23. The van der Waals surface area contributed by atoms with Gasteiger partial charge in [-0.25, -0.2) is 4.39 Å². The minimum Gasteiger partial charge on any atom is -0.298 e. The van der Waals surface area contributed by atoms with Gasteiger partial charge in [0.2, 0.25) is 0 Å². The van der Waals surface area contributed by atoms with E-state index in [0.717, 1.165) is 11.1 Å². The highest BCUT2D eigenvalue weighted by molar-refractivity contribution is 9.10. The molecular weight excluding hydrogens is 259 g/mol. The maximum atomic E-state index is 13.0. The Hall–Kier alpha value is -0.700.